The smallest absolute Gasteiger partial charge is 0.157 e. The maximum atomic E-state index is 12.1. The van der Waals surface area contributed by atoms with Gasteiger partial charge in [0.25, 0.3) is 0 Å². The van der Waals surface area contributed by atoms with Crippen LogP contribution in [0.25, 0.3) is 0 Å². The van der Waals surface area contributed by atoms with E-state index in [1.165, 1.54) is 9.75 Å². The van der Waals surface area contributed by atoms with Crippen molar-refractivity contribution in [3.8, 4) is 0 Å². The number of hydrogen-bond donors (Lipinski definition) is 1. The number of rotatable bonds is 4. The quantitative estimate of drug-likeness (QED) is 0.875. The fraction of sp³-hybridized carbons (Fsp3) is 0.615. The molecule has 2 N–H and O–H groups in total. The molecule has 0 unspecified atom stereocenters. The summed E-state index contributed by atoms with van der Waals surface area (Å²) in [6.07, 6.45) is 5.53. The molecule has 1 aromatic rings. The van der Waals surface area contributed by atoms with Crippen LogP contribution in [0.5, 0.6) is 0 Å². The van der Waals surface area contributed by atoms with E-state index in [0.29, 0.717) is 6.42 Å². The minimum atomic E-state index is -0.517. The average molecular weight is 237 g/mol. The molecule has 1 aliphatic carbocycles. The summed E-state index contributed by atoms with van der Waals surface area (Å²) in [6, 6.07) is 4.19. The molecule has 0 radical (unpaired) electrons. The van der Waals surface area contributed by atoms with Gasteiger partial charge in [-0.25, -0.2) is 0 Å². The summed E-state index contributed by atoms with van der Waals surface area (Å²) in [4.78, 5) is 14.6. The molecule has 0 bridgehead atoms. The highest BCUT2D eigenvalue weighted by Crippen LogP contribution is 2.30. The summed E-state index contributed by atoms with van der Waals surface area (Å²) in [5.41, 5.74) is 5.63. The Labute approximate surface area is 101 Å². The van der Waals surface area contributed by atoms with Crippen molar-refractivity contribution in [1.29, 1.82) is 0 Å². The molecule has 0 aliphatic heterocycles. The summed E-state index contributed by atoms with van der Waals surface area (Å²) in [5, 5.41) is 0. The van der Waals surface area contributed by atoms with E-state index in [1.807, 2.05) is 0 Å². The normalized spacial score (nSPS) is 18.9. The standard InChI is InChI=1S/C13H19NOS/c1-2-10-5-6-11(16-10)9-12(15)13(14)7-3-4-8-13/h5-6H,2-4,7-9,14H2,1H3. The summed E-state index contributed by atoms with van der Waals surface area (Å²) in [6.45, 7) is 2.14. The Balaban J connectivity index is 2.01. The van der Waals surface area contributed by atoms with Crippen LogP contribution in [0.4, 0.5) is 0 Å². The topological polar surface area (TPSA) is 43.1 Å². The van der Waals surface area contributed by atoms with Gasteiger partial charge in [0.05, 0.1) is 5.54 Å². The second-order valence-corrected chi connectivity index (χ2v) is 5.94. The van der Waals surface area contributed by atoms with Gasteiger partial charge in [-0.15, -0.1) is 11.3 Å². The molecule has 0 amide bonds. The van der Waals surface area contributed by atoms with Gasteiger partial charge in [0, 0.05) is 16.2 Å². The second-order valence-electron chi connectivity index (χ2n) is 4.68. The highest BCUT2D eigenvalue weighted by atomic mass is 32.1. The Bertz CT molecular complexity index is 377. The highest BCUT2D eigenvalue weighted by Gasteiger charge is 2.36. The Morgan fingerprint density at radius 1 is 1.38 bits per heavy atom. The molecule has 1 fully saturated rings. The molecule has 2 rings (SSSR count). The molecule has 0 atom stereocenters. The van der Waals surface area contributed by atoms with Gasteiger partial charge in [-0.1, -0.05) is 19.8 Å². The van der Waals surface area contributed by atoms with E-state index in [4.69, 9.17) is 5.73 Å². The van der Waals surface area contributed by atoms with E-state index >= 15 is 0 Å². The highest BCUT2D eigenvalue weighted by molar-refractivity contribution is 7.12. The van der Waals surface area contributed by atoms with E-state index in [1.54, 1.807) is 11.3 Å². The average Bonchev–Trinajstić information content (AvgIpc) is 2.88. The van der Waals surface area contributed by atoms with E-state index in [2.05, 4.69) is 19.1 Å². The first-order chi connectivity index (χ1) is 7.64. The van der Waals surface area contributed by atoms with E-state index in [-0.39, 0.29) is 5.78 Å². The first kappa shape index (κ1) is 11.8. The molecule has 1 aromatic heterocycles. The molecule has 1 saturated carbocycles. The van der Waals surface area contributed by atoms with Crippen molar-refractivity contribution in [2.24, 2.45) is 5.73 Å². The van der Waals surface area contributed by atoms with Crippen molar-refractivity contribution < 1.29 is 4.79 Å². The number of ketones is 1. The molecule has 3 heteroatoms. The summed E-state index contributed by atoms with van der Waals surface area (Å²) >= 11 is 1.74. The molecule has 2 nitrogen and oxygen atoms in total. The van der Waals surface area contributed by atoms with Crippen LogP contribution in [-0.2, 0) is 17.6 Å². The number of hydrogen-bond acceptors (Lipinski definition) is 3. The van der Waals surface area contributed by atoms with Gasteiger partial charge in [-0.2, -0.15) is 0 Å². The summed E-state index contributed by atoms with van der Waals surface area (Å²) in [5.74, 6) is 0.231. The third-order valence-corrected chi connectivity index (χ3v) is 4.68. The maximum absolute atomic E-state index is 12.1. The Kier molecular flexibility index (Phi) is 3.45. The van der Waals surface area contributed by atoms with Crippen LogP contribution >= 0.6 is 11.3 Å². The summed E-state index contributed by atoms with van der Waals surface area (Å²) in [7, 11) is 0. The van der Waals surface area contributed by atoms with Crippen LogP contribution in [0.1, 0.15) is 42.4 Å². The molecule has 0 aromatic carbocycles. The second kappa shape index (κ2) is 4.68. The third-order valence-electron chi connectivity index (χ3n) is 3.45. The lowest BCUT2D eigenvalue weighted by atomic mass is 9.91. The zero-order valence-corrected chi connectivity index (χ0v) is 10.6. The maximum Gasteiger partial charge on any atom is 0.157 e. The number of thiophene rings is 1. The van der Waals surface area contributed by atoms with Gasteiger partial charge in [0.15, 0.2) is 5.78 Å². The van der Waals surface area contributed by atoms with Crippen molar-refractivity contribution in [1.82, 2.24) is 0 Å². The Hall–Kier alpha value is -0.670. The van der Waals surface area contributed by atoms with Gasteiger partial charge in [-0.05, 0) is 31.4 Å². The number of aryl methyl sites for hydroxylation is 1. The SMILES string of the molecule is CCc1ccc(CC(=O)C2(N)CCCC2)s1. The first-order valence-electron chi connectivity index (χ1n) is 6.04. The van der Waals surface area contributed by atoms with Gasteiger partial charge >= 0.3 is 0 Å². The molecule has 0 saturated heterocycles. The van der Waals surface area contributed by atoms with E-state index < -0.39 is 5.54 Å². The van der Waals surface area contributed by atoms with Crippen LogP contribution < -0.4 is 5.73 Å². The van der Waals surface area contributed by atoms with Crippen LogP contribution in [0.3, 0.4) is 0 Å². The van der Waals surface area contributed by atoms with Crippen molar-refractivity contribution in [3.05, 3.63) is 21.9 Å². The molecule has 1 heterocycles. The van der Waals surface area contributed by atoms with Gasteiger partial charge < -0.3 is 5.73 Å². The van der Waals surface area contributed by atoms with Crippen molar-refractivity contribution in [3.63, 3.8) is 0 Å². The minimum Gasteiger partial charge on any atom is -0.319 e. The first-order valence-corrected chi connectivity index (χ1v) is 6.85. The largest absolute Gasteiger partial charge is 0.319 e. The summed E-state index contributed by atoms with van der Waals surface area (Å²) < 4.78 is 0. The van der Waals surface area contributed by atoms with Gasteiger partial charge in [-0.3, -0.25) is 4.79 Å². The molecule has 16 heavy (non-hydrogen) atoms. The Morgan fingerprint density at radius 3 is 2.56 bits per heavy atom. The third kappa shape index (κ3) is 2.36. The van der Waals surface area contributed by atoms with E-state index in [0.717, 1.165) is 32.1 Å². The van der Waals surface area contributed by atoms with Crippen LogP contribution in [-0.4, -0.2) is 11.3 Å². The molecule has 1 aliphatic rings. The predicted octanol–water partition coefficient (Wildman–Crippen LogP) is 2.69. The number of carbonyl (C=O) groups excluding carboxylic acids is 1. The van der Waals surface area contributed by atoms with Crippen molar-refractivity contribution in [2.75, 3.05) is 0 Å². The lowest BCUT2D eigenvalue weighted by molar-refractivity contribution is -0.123. The van der Waals surface area contributed by atoms with Gasteiger partial charge in [0.2, 0.25) is 0 Å². The van der Waals surface area contributed by atoms with Crippen molar-refractivity contribution >= 4 is 17.1 Å². The molecule has 88 valence electrons. The van der Waals surface area contributed by atoms with Crippen LogP contribution in [0, 0.1) is 0 Å². The molecular formula is C13H19NOS. The predicted molar refractivity (Wildman–Crippen MR) is 67.8 cm³/mol. The fourth-order valence-corrected chi connectivity index (χ4v) is 3.28. The Morgan fingerprint density at radius 2 is 2.00 bits per heavy atom. The number of Topliss-reactive ketones (excluding diaryl/α,β-unsaturated/α-hetero) is 1. The van der Waals surface area contributed by atoms with Crippen molar-refractivity contribution in [2.45, 2.75) is 51.0 Å². The van der Waals surface area contributed by atoms with Gasteiger partial charge in [0.1, 0.15) is 0 Å². The fourth-order valence-electron chi connectivity index (χ4n) is 2.33. The lowest BCUT2D eigenvalue weighted by Crippen LogP contribution is -2.45. The zero-order valence-electron chi connectivity index (χ0n) is 9.79. The van der Waals surface area contributed by atoms with Crippen LogP contribution in [0.15, 0.2) is 12.1 Å². The monoisotopic (exact) mass is 237 g/mol. The number of nitrogens with two attached hydrogens (primary N) is 1. The zero-order chi connectivity index (χ0) is 11.6. The van der Waals surface area contributed by atoms with Crippen LogP contribution in [0.2, 0.25) is 0 Å². The number of carbonyl (C=O) groups is 1. The molecular weight excluding hydrogens is 218 g/mol. The van der Waals surface area contributed by atoms with E-state index in [9.17, 15) is 4.79 Å². The lowest BCUT2D eigenvalue weighted by Gasteiger charge is -2.21. The minimum absolute atomic E-state index is 0.231. The molecule has 0 spiro atoms.